The topological polar surface area (TPSA) is 41.1 Å². The van der Waals surface area contributed by atoms with Crippen molar-refractivity contribution in [2.24, 2.45) is 0 Å². The minimum absolute atomic E-state index is 0.0550. The Hall–Kier alpha value is -2.76. The molecule has 2 aromatic rings. The molecule has 0 spiro atoms. The van der Waals surface area contributed by atoms with Crippen LogP contribution < -0.4 is 10.6 Å². The summed E-state index contributed by atoms with van der Waals surface area (Å²) in [5, 5.41) is 5.77. The maximum atomic E-state index is 13.7. The highest BCUT2D eigenvalue weighted by Gasteiger charge is 2.13. The average Bonchev–Trinajstić information content (AvgIpc) is 2.63. The van der Waals surface area contributed by atoms with Gasteiger partial charge in [-0.2, -0.15) is 0 Å². The third-order valence-corrected chi connectivity index (χ3v) is 4.16. The van der Waals surface area contributed by atoms with Crippen molar-refractivity contribution in [1.82, 2.24) is 5.32 Å². The molecule has 2 aromatic carbocycles. The molecule has 2 N–H and O–H groups in total. The van der Waals surface area contributed by atoms with Gasteiger partial charge in [0.25, 0.3) is 0 Å². The van der Waals surface area contributed by atoms with Crippen LogP contribution >= 0.6 is 0 Å². The number of carbonyl (C=O) groups excluding carboxylic acids is 1. The van der Waals surface area contributed by atoms with Crippen LogP contribution in [0, 0.1) is 24.4 Å². The molecule has 0 saturated carbocycles. The van der Waals surface area contributed by atoms with Crippen molar-refractivity contribution in [3.8, 4) is 0 Å². The number of benzene rings is 2. The lowest BCUT2D eigenvalue weighted by molar-refractivity contribution is -0.117. The lowest BCUT2D eigenvalue weighted by Gasteiger charge is -2.14. The van der Waals surface area contributed by atoms with E-state index < -0.39 is 23.6 Å². The molecule has 0 aliphatic rings. The van der Waals surface area contributed by atoms with Crippen molar-refractivity contribution in [2.75, 3.05) is 11.9 Å². The normalized spacial score (nSPS) is 12.2. The quantitative estimate of drug-likeness (QED) is 0.658. The Morgan fingerprint density at radius 1 is 1.15 bits per heavy atom. The summed E-state index contributed by atoms with van der Waals surface area (Å²) in [6, 6.07) is 6.10. The van der Waals surface area contributed by atoms with E-state index in [1.165, 1.54) is 37.3 Å². The Balaban J connectivity index is 2.09. The number of amides is 1. The fourth-order valence-corrected chi connectivity index (χ4v) is 2.51. The second-order valence-corrected chi connectivity index (χ2v) is 6.33. The summed E-state index contributed by atoms with van der Waals surface area (Å²) in [6.07, 6.45) is 3.75. The lowest BCUT2D eigenvalue weighted by atomic mass is 10.1. The number of hydrogen-bond acceptors (Lipinski definition) is 2. The maximum Gasteiger partial charge on any atom is 0.244 e. The zero-order valence-electron chi connectivity index (χ0n) is 15.6. The highest BCUT2D eigenvalue weighted by molar-refractivity contribution is 5.92. The zero-order valence-corrected chi connectivity index (χ0v) is 15.6. The highest BCUT2D eigenvalue weighted by Crippen LogP contribution is 2.21. The summed E-state index contributed by atoms with van der Waals surface area (Å²) in [5.41, 5.74) is 1.54. The summed E-state index contributed by atoms with van der Waals surface area (Å²) in [5.74, 6) is -2.10. The first kappa shape index (κ1) is 20.6. The minimum atomic E-state index is -0.653. The molecule has 0 aliphatic carbocycles. The maximum absolute atomic E-state index is 13.7. The second-order valence-electron chi connectivity index (χ2n) is 6.33. The number of rotatable bonds is 7. The molecule has 0 fully saturated rings. The Morgan fingerprint density at radius 3 is 2.44 bits per heavy atom. The molecule has 1 atom stereocenters. The van der Waals surface area contributed by atoms with E-state index in [9.17, 15) is 18.0 Å². The van der Waals surface area contributed by atoms with Gasteiger partial charge in [0.1, 0.15) is 17.5 Å². The van der Waals surface area contributed by atoms with Crippen LogP contribution in [0.2, 0.25) is 0 Å². The van der Waals surface area contributed by atoms with Gasteiger partial charge in [-0.3, -0.25) is 4.79 Å². The van der Waals surface area contributed by atoms with Crippen molar-refractivity contribution in [3.05, 3.63) is 70.5 Å². The first-order valence-electron chi connectivity index (χ1n) is 8.79. The first-order chi connectivity index (χ1) is 12.8. The molecule has 0 bridgehead atoms. The van der Waals surface area contributed by atoms with E-state index in [0.29, 0.717) is 23.4 Å². The Labute approximate surface area is 157 Å². The standard InChI is InChI=1S/C21H23F3N2O/c1-4-9-25-20-12-17(22)7-5-15(20)6-8-21(27)26-14(3)16-10-18(23)13(2)19(24)11-16/h5-8,10-12,14,25H,4,9H2,1-3H3,(H,26,27)/b8-6+/t14-/m1/s1. The van der Waals surface area contributed by atoms with E-state index in [-0.39, 0.29) is 11.4 Å². The molecule has 6 heteroatoms. The van der Waals surface area contributed by atoms with Crippen LogP contribution in [0.25, 0.3) is 6.08 Å². The molecular weight excluding hydrogens is 353 g/mol. The van der Waals surface area contributed by atoms with Crippen LogP contribution in [0.4, 0.5) is 18.9 Å². The van der Waals surface area contributed by atoms with Crippen molar-refractivity contribution in [3.63, 3.8) is 0 Å². The smallest absolute Gasteiger partial charge is 0.244 e. The second kappa shape index (κ2) is 9.26. The van der Waals surface area contributed by atoms with Crippen molar-refractivity contribution < 1.29 is 18.0 Å². The molecule has 1 amide bonds. The summed E-state index contributed by atoms with van der Waals surface area (Å²) in [4.78, 5) is 12.1. The van der Waals surface area contributed by atoms with E-state index in [1.807, 2.05) is 6.92 Å². The third-order valence-electron chi connectivity index (χ3n) is 4.16. The van der Waals surface area contributed by atoms with Crippen molar-refractivity contribution in [2.45, 2.75) is 33.2 Å². The Bertz CT molecular complexity index is 826. The Morgan fingerprint density at radius 2 is 1.81 bits per heavy atom. The highest BCUT2D eigenvalue weighted by atomic mass is 19.1. The average molecular weight is 376 g/mol. The van der Waals surface area contributed by atoms with Gasteiger partial charge in [0.05, 0.1) is 6.04 Å². The van der Waals surface area contributed by atoms with Gasteiger partial charge < -0.3 is 10.6 Å². The molecule has 0 radical (unpaired) electrons. The Kier molecular flexibility index (Phi) is 7.05. The number of anilines is 1. The SMILES string of the molecule is CCCNc1cc(F)ccc1/C=C/C(=O)N[C@H](C)c1cc(F)c(C)c(F)c1. The van der Waals surface area contributed by atoms with E-state index in [1.54, 1.807) is 19.1 Å². The van der Waals surface area contributed by atoms with Crippen molar-refractivity contribution in [1.29, 1.82) is 0 Å². The van der Waals surface area contributed by atoms with Crippen LogP contribution in [0.3, 0.4) is 0 Å². The monoisotopic (exact) mass is 376 g/mol. The molecule has 0 aromatic heterocycles. The summed E-state index contributed by atoms with van der Waals surface area (Å²) < 4.78 is 40.8. The van der Waals surface area contributed by atoms with Crippen molar-refractivity contribution >= 4 is 17.7 Å². The van der Waals surface area contributed by atoms with Crippen LogP contribution in [-0.4, -0.2) is 12.5 Å². The van der Waals surface area contributed by atoms with E-state index in [0.717, 1.165) is 6.42 Å². The summed E-state index contributed by atoms with van der Waals surface area (Å²) in [7, 11) is 0. The van der Waals surface area contributed by atoms with Crippen LogP contribution in [0.5, 0.6) is 0 Å². The number of carbonyl (C=O) groups is 1. The molecule has 0 unspecified atom stereocenters. The molecule has 0 aliphatic heterocycles. The van der Waals surface area contributed by atoms with Gasteiger partial charge in [-0.1, -0.05) is 6.92 Å². The van der Waals surface area contributed by atoms with Gasteiger partial charge in [-0.15, -0.1) is 0 Å². The van der Waals surface area contributed by atoms with Crippen LogP contribution in [0.15, 0.2) is 36.4 Å². The van der Waals surface area contributed by atoms with E-state index in [2.05, 4.69) is 10.6 Å². The van der Waals surface area contributed by atoms with Gasteiger partial charge in [-0.05, 0) is 67.8 Å². The van der Waals surface area contributed by atoms with Crippen LogP contribution in [0.1, 0.15) is 43.0 Å². The molecule has 144 valence electrons. The van der Waals surface area contributed by atoms with E-state index >= 15 is 0 Å². The van der Waals surface area contributed by atoms with Gasteiger partial charge in [0, 0.05) is 23.9 Å². The summed E-state index contributed by atoms with van der Waals surface area (Å²) in [6.45, 7) is 5.67. The fraction of sp³-hybridized carbons (Fsp3) is 0.286. The molecule has 27 heavy (non-hydrogen) atoms. The number of halogens is 3. The van der Waals surface area contributed by atoms with Gasteiger partial charge in [0.15, 0.2) is 0 Å². The molecule has 3 nitrogen and oxygen atoms in total. The largest absolute Gasteiger partial charge is 0.384 e. The zero-order chi connectivity index (χ0) is 20.0. The molecule has 0 heterocycles. The van der Waals surface area contributed by atoms with Gasteiger partial charge in [0.2, 0.25) is 5.91 Å². The van der Waals surface area contributed by atoms with Crippen LogP contribution in [-0.2, 0) is 4.79 Å². The number of hydrogen-bond donors (Lipinski definition) is 2. The predicted molar refractivity (Wildman–Crippen MR) is 102 cm³/mol. The predicted octanol–water partition coefficient (Wildman–Crippen LogP) is 5.12. The lowest BCUT2D eigenvalue weighted by Crippen LogP contribution is -2.25. The molecular formula is C21H23F3N2O. The van der Waals surface area contributed by atoms with Gasteiger partial charge in [-0.25, -0.2) is 13.2 Å². The fourth-order valence-electron chi connectivity index (χ4n) is 2.51. The third kappa shape index (κ3) is 5.61. The van der Waals surface area contributed by atoms with E-state index in [4.69, 9.17) is 0 Å². The van der Waals surface area contributed by atoms with Gasteiger partial charge >= 0.3 is 0 Å². The summed E-state index contributed by atoms with van der Waals surface area (Å²) >= 11 is 0. The first-order valence-corrected chi connectivity index (χ1v) is 8.79. The molecule has 0 saturated heterocycles. The number of nitrogens with one attached hydrogen (secondary N) is 2. The minimum Gasteiger partial charge on any atom is -0.384 e. The molecule has 2 rings (SSSR count).